The Morgan fingerprint density at radius 3 is 2.00 bits per heavy atom. The Morgan fingerprint density at radius 2 is 1.75 bits per heavy atom. The summed E-state index contributed by atoms with van der Waals surface area (Å²) in [6, 6.07) is -0.823. The first-order valence-electron chi connectivity index (χ1n) is 3.29. The van der Waals surface area contributed by atoms with Crippen LogP contribution in [0.3, 0.4) is 0 Å². The van der Waals surface area contributed by atoms with Crippen LogP contribution in [0.25, 0.3) is 0 Å². The number of rotatable bonds is 4. The van der Waals surface area contributed by atoms with Gasteiger partial charge in [-0.05, 0) is 6.04 Å². The molecule has 0 aliphatic rings. The van der Waals surface area contributed by atoms with Crippen LogP contribution in [-0.4, -0.2) is 21.2 Å². The van der Waals surface area contributed by atoms with Crippen molar-refractivity contribution in [2.24, 2.45) is 11.5 Å². The number of urea groups is 2. The molecule has 0 spiro atoms. The van der Waals surface area contributed by atoms with Crippen LogP contribution in [0.4, 0.5) is 9.59 Å². The van der Waals surface area contributed by atoms with Crippen LogP contribution in [0.1, 0.15) is 0 Å². The number of hydrogen-bond acceptors (Lipinski definition) is 2. The minimum absolute atomic E-state index is 0.506. The predicted octanol–water partition coefficient (Wildman–Crippen LogP) is -1.27. The third-order valence-corrected chi connectivity index (χ3v) is 3.11. The summed E-state index contributed by atoms with van der Waals surface area (Å²) < 4.78 is 0. The van der Waals surface area contributed by atoms with Gasteiger partial charge in [-0.25, -0.2) is 9.59 Å². The first kappa shape index (κ1) is 10.5. The Hall–Kier alpha value is -1.50. The zero-order valence-electron chi connectivity index (χ0n) is 6.54. The van der Waals surface area contributed by atoms with Gasteiger partial charge in [-0.15, -0.1) is 6.58 Å². The molecule has 0 atom stereocenters. The second-order valence-corrected chi connectivity index (χ2v) is 4.25. The van der Waals surface area contributed by atoms with Gasteiger partial charge in [-0.1, -0.05) is 6.08 Å². The van der Waals surface area contributed by atoms with E-state index in [2.05, 4.69) is 16.5 Å². The number of amides is 4. The minimum atomic E-state index is -1.92. The lowest BCUT2D eigenvalue weighted by atomic mass is 10.8. The van der Waals surface area contributed by atoms with Crippen LogP contribution in [0.5, 0.6) is 0 Å². The van der Waals surface area contributed by atoms with Gasteiger partial charge in [0.15, 0.2) is 0 Å². The molecule has 0 aromatic rings. The van der Waals surface area contributed by atoms with E-state index < -0.39 is 21.2 Å². The molecule has 0 bridgehead atoms. The highest BCUT2D eigenvalue weighted by Gasteiger charge is 2.12. The quantitative estimate of drug-likeness (QED) is 0.326. The predicted molar refractivity (Wildman–Crippen MR) is 47.6 cm³/mol. The Labute approximate surface area is 71.7 Å². The molecule has 6 N–H and O–H groups in total. The van der Waals surface area contributed by atoms with Gasteiger partial charge < -0.3 is 21.4 Å². The lowest BCUT2D eigenvalue weighted by molar-refractivity contribution is 0.252. The number of allylic oxidation sites excluding steroid dienone is 1. The average molecular weight is 188 g/mol. The Balaban J connectivity index is 3.93. The smallest absolute Gasteiger partial charge is 0.305 e. The molecule has 0 radical (unpaired) electrons. The first-order valence-corrected chi connectivity index (χ1v) is 5.26. The van der Waals surface area contributed by atoms with Gasteiger partial charge in [-0.3, -0.25) is 0 Å². The Kier molecular flexibility index (Phi) is 4.54. The summed E-state index contributed by atoms with van der Waals surface area (Å²) in [4.78, 5) is 25.6. The summed E-state index contributed by atoms with van der Waals surface area (Å²) in [5.74, 6) is 0. The van der Waals surface area contributed by atoms with Crippen molar-refractivity contribution in [3.8, 4) is 0 Å². The third kappa shape index (κ3) is 5.29. The van der Waals surface area contributed by atoms with E-state index in [9.17, 15) is 9.59 Å². The van der Waals surface area contributed by atoms with Crippen molar-refractivity contribution in [3.05, 3.63) is 12.7 Å². The van der Waals surface area contributed by atoms with Crippen molar-refractivity contribution in [3.63, 3.8) is 0 Å². The van der Waals surface area contributed by atoms with Crippen LogP contribution < -0.4 is 21.4 Å². The molecule has 12 heavy (non-hydrogen) atoms. The molecule has 0 heterocycles. The summed E-state index contributed by atoms with van der Waals surface area (Å²) >= 11 is 0. The van der Waals surface area contributed by atoms with Crippen molar-refractivity contribution in [2.75, 3.05) is 0 Å². The van der Waals surface area contributed by atoms with Crippen LogP contribution in [0.2, 0.25) is 6.04 Å². The largest absolute Gasteiger partial charge is 0.352 e. The van der Waals surface area contributed by atoms with E-state index in [-0.39, 0.29) is 0 Å². The van der Waals surface area contributed by atoms with E-state index >= 15 is 0 Å². The highest BCUT2D eigenvalue weighted by molar-refractivity contribution is 6.59. The zero-order valence-corrected chi connectivity index (χ0v) is 7.69. The van der Waals surface area contributed by atoms with Crippen LogP contribution in [-0.2, 0) is 0 Å². The summed E-state index contributed by atoms with van der Waals surface area (Å²) in [6.45, 7) is 3.47. The maximum absolute atomic E-state index is 10.4. The third-order valence-electron chi connectivity index (χ3n) is 1.04. The van der Waals surface area contributed by atoms with Gasteiger partial charge in [0.1, 0.15) is 0 Å². The van der Waals surface area contributed by atoms with Gasteiger partial charge in [0.2, 0.25) is 0 Å². The van der Waals surface area contributed by atoms with Crippen molar-refractivity contribution in [2.45, 2.75) is 6.04 Å². The fourth-order valence-electron chi connectivity index (χ4n) is 0.664. The Morgan fingerprint density at radius 1 is 1.33 bits per heavy atom. The molecule has 0 fully saturated rings. The molecular formula is C5H12N4O2Si. The van der Waals surface area contributed by atoms with E-state index in [0.29, 0.717) is 6.04 Å². The number of carbonyl (C=O) groups is 2. The van der Waals surface area contributed by atoms with Gasteiger partial charge in [0.05, 0.1) is 0 Å². The fraction of sp³-hybridized carbons (Fsp3) is 0.200. The van der Waals surface area contributed by atoms with Crippen LogP contribution >= 0.6 is 0 Å². The molecule has 0 aromatic heterocycles. The maximum Gasteiger partial charge on any atom is 0.305 e. The fourth-order valence-corrected chi connectivity index (χ4v) is 1.99. The van der Waals surface area contributed by atoms with E-state index in [1.54, 1.807) is 6.08 Å². The number of carbonyl (C=O) groups excluding carboxylic acids is 2. The molecule has 0 saturated heterocycles. The summed E-state index contributed by atoms with van der Waals surface area (Å²) in [7, 11) is -1.92. The molecule has 0 saturated carbocycles. The highest BCUT2D eigenvalue weighted by atomic mass is 28.3. The molecule has 0 aliphatic heterocycles. The number of nitrogens with two attached hydrogens (primary N) is 2. The molecule has 4 amide bonds. The summed E-state index contributed by atoms with van der Waals surface area (Å²) in [6.07, 6.45) is 1.59. The van der Waals surface area contributed by atoms with E-state index in [4.69, 9.17) is 11.5 Å². The molecule has 0 aliphatic carbocycles. The topological polar surface area (TPSA) is 110 Å². The lowest BCUT2D eigenvalue weighted by Gasteiger charge is -2.12. The second kappa shape index (κ2) is 5.19. The molecule has 0 aromatic carbocycles. The van der Waals surface area contributed by atoms with E-state index in [0.717, 1.165) is 0 Å². The van der Waals surface area contributed by atoms with Gasteiger partial charge >= 0.3 is 12.1 Å². The van der Waals surface area contributed by atoms with Crippen LogP contribution in [0, 0.1) is 0 Å². The van der Waals surface area contributed by atoms with Crippen molar-refractivity contribution < 1.29 is 9.59 Å². The lowest BCUT2D eigenvalue weighted by Crippen LogP contribution is -2.55. The standard InChI is InChI=1S/C5H12N4O2Si/c1-2-3-12(8-4(6)10)9-5(7)11/h2,12H,1,3H2,(H3,6,8,10)(H3,7,9,11). The highest BCUT2D eigenvalue weighted by Crippen LogP contribution is 1.84. The van der Waals surface area contributed by atoms with Gasteiger partial charge in [0, 0.05) is 0 Å². The normalized spacial score (nSPS) is 9.08. The van der Waals surface area contributed by atoms with Crippen molar-refractivity contribution in [1.82, 2.24) is 9.96 Å². The SMILES string of the molecule is C=CC[SiH](NC(N)=O)NC(N)=O. The number of primary amides is 2. The molecular weight excluding hydrogens is 176 g/mol. The van der Waals surface area contributed by atoms with Gasteiger partial charge in [0.25, 0.3) is 9.12 Å². The minimum Gasteiger partial charge on any atom is -0.352 e. The van der Waals surface area contributed by atoms with Gasteiger partial charge in [-0.2, -0.15) is 0 Å². The summed E-state index contributed by atoms with van der Waals surface area (Å²) in [5.41, 5.74) is 9.72. The zero-order chi connectivity index (χ0) is 9.56. The summed E-state index contributed by atoms with van der Waals surface area (Å²) in [5, 5.41) is 0. The second-order valence-electron chi connectivity index (χ2n) is 2.09. The molecule has 6 nitrogen and oxygen atoms in total. The maximum atomic E-state index is 10.4. The van der Waals surface area contributed by atoms with E-state index in [1.165, 1.54) is 0 Å². The van der Waals surface area contributed by atoms with E-state index in [1.807, 2.05) is 0 Å². The monoisotopic (exact) mass is 188 g/mol. The van der Waals surface area contributed by atoms with Crippen molar-refractivity contribution >= 4 is 21.2 Å². The molecule has 0 unspecified atom stereocenters. The van der Waals surface area contributed by atoms with Crippen molar-refractivity contribution in [1.29, 1.82) is 0 Å². The van der Waals surface area contributed by atoms with Crippen LogP contribution in [0.15, 0.2) is 12.7 Å². The number of hydrogen-bond donors (Lipinski definition) is 4. The number of nitrogens with one attached hydrogen (secondary N) is 2. The average Bonchev–Trinajstić information content (AvgIpc) is 1.84. The Bertz CT molecular complexity index is 180. The molecule has 0 rings (SSSR count). The molecule has 68 valence electrons. The first-order chi connectivity index (χ1) is 5.56. The molecule has 7 heteroatoms.